The van der Waals surface area contributed by atoms with Crippen LogP contribution in [0.2, 0.25) is 5.02 Å². The van der Waals surface area contributed by atoms with E-state index < -0.39 is 0 Å². The van der Waals surface area contributed by atoms with E-state index in [0.717, 1.165) is 37.4 Å². The monoisotopic (exact) mass is 322 g/mol. The number of likely N-dealkylation sites (tertiary alicyclic amines) is 1. The van der Waals surface area contributed by atoms with Gasteiger partial charge in [-0.25, -0.2) is 0 Å². The molecule has 1 aromatic carbocycles. The zero-order valence-corrected chi connectivity index (χ0v) is 14.6. The van der Waals surface area contributed by atoms with E-state index in [1.54, 1.807) is 0 Å². The summed E-state index contributed by atoms with van der Waals surface area (Å²) in [5.41, 5.74) is 1.17. The average molecular weight is 323 g/mol. The highest BCUT2D eigenvalue weighted by Gasteiger charge is 2.25. The molecule has 0 bridgehead atoms. The van der Waals surface area contributed by atoms with Gasteiger partial charge in [0.1, 0.15) is 0 Å². The average Bonchev–Trinajstić information content (AvgIpc) is 2.53. The molecule has 1 heterocycles. The molecule has 1 fully saturated rings. The Labute approximate surface area is 139 Å². The van der Waals surface area contributed by atoms with Crippen LogP contribution >= 0.6 is 11.6 Å². The van der Waals surface area contributed by atoms with Crippen molar-refractivity contribution in [3.05, 3.63) is 34.9 Å². The maximum absolute atomic E-state index is 12.4. The van der Waals surface area contributed by atoms with Gasteiger partial charge in [0.25, 0.3) is 0 Å². The molecule has 4 heteroatoms. The van der Waals surface area contributed by atoms with Crippen LogP contribution in [0.5, 0.6) is 0 Å². The Bertz CT molecular complexity index is 478. The first-order valence-corrected chi connectivity index (χ1v) is 8.59. The van der Waals surface area contributed by atoms with Gasteiger partial charge in [0.15, 0.2) is 0 Å². The summed E-state index contributed by atoms with van der Waals surface area (Å²) >= 11 is 5.88. The Morgan fingerprint density at radius 1 is 1.27 bits per heavy atom. The molecule has 0 atom stereocenters. The molecule has 122 valence electrons. The van der Waals surface area contributed by atoms with Crippen LogP contribution in [0, 0.1) is 0 Å². The van der Waals surface area contributed by atoms with Gasteiger partial charge in [-0.05, 0) is 50.8 Å². The number of nitrogens with zero attached hydrogens (tertiary/aromatic N) is 2. The fourth-order valence-corrected chi connectivity index (χ4v) is 3.20. The van der Waals surface area contributed by atoms with E-state index in [-0.39, 0.29) is 5.91 Å². The Morgan fingerprint density at radius 3 is 2.41 bits per heavy atom. The summed E-state index contributed by atoms with van der Waals surface area (Å²) in [6, 6.07) is 8.76. The molecule has 0 aromatic heterocycles. The van der Waals surface area contributed by atoms with Crippen molar-refractivity contribution >= 4 is 17.5 Å². The van der Waals surface area contributed by atoms with E-state index in [2.05, 4.69) is 18.7 Å². The molecule has 0 saturated carbocycles. The van der Waals surface area contributed by atoms with Gasteiger partial charge in [-0.3, -0.25) is 4.79 Å². The zero-order valence-electron chi connectivity index (χ0n) is 13.9. The van der Waals surface area contributed by atoms with E-state index in [1.807, 2.05) is 36.2 Å². The molecule has 1 aromatic rings. The minimum Gasteiger partial charge on any atom is -0.343 e. The van der Waals surface area contributed by atoms with Gasteiger partial charge in [-0.1, -0.05) is 23.7 Å². The second kappa shape index (κ2) is 7.98. The summed E-state index contributed by atoms with van der Waals surface area (Å²) in [6.07, 6.45) is 3.52. The van der Waals surface area contributed by atoms with Crippen molar-refractivity contribution < 1.29 is 4.79 Å². The van der Waals surface area contributed by atoms with Crippen molar-refractivity contribution in [2.45, 2.75) is 51.6 Å². The van der Waals surface area contributed by atoms with Crippen LogP contribution in [-0.4, -0.2) is 47.9 Å². The van der Waals surface area contributed by atoms with Crippen LogP contribution in [-0.2, 0) is 11.2 Å². The van der Waals surface area contributed by atoms with Crippen LogP contribution in [0.3, 0.4) is 0 Å². The van der Waals surface area contributed by atoms with Crippen molar-refractivity contribution in [2.24, 2.45) is 0 Å². The lowest BCUT2D eigenvalue weighted by Crippen LogP contribution is -2.47. The number of piperidine rings is 1. The molecule has 0 unspecified atom stereocenters. The van der Waals surface area contributed by atoms with E-state index in [4.69, 9.17) is 11.6 Å². The van der Waals surface area contributed by atoms with Gasteiger partial charge in [0, 0.05) is 43.7 Å². The fraction of sp³-hybridized carbons (Fsp3) is 0.611. The van der Waals surface area contributed by atoms with E-state index in [9.17, 15) is 4.79 Å². The van der Waals surface area contributed by atoms with Crippen molar-refractivity contribution in [3.8, 4) is 0 Å². The van der Waals surface area contributed by atoms with Gasteiger partial charge in [0.05, 0.1) is 0 Å². The largest absolute Gasteiger partial charge is 0.343 e. The molecule has 0 aliphatic carbocycles. The molecule has 1 aliphatic rings. The number of amides is 1. The standard InChI is InChI=1S/C18H27ClN2O/c1-14(2)21-12-10-17(11-13-21)20(3)18(22)9-6-15-4-7-16(19)8-5-15/h4-5,7-8,14,17H,6,9-13H2,1-3H3. The van der Waals surface area contributed by atoms with Gasteiger partial charge in [-0.15, -0.1) is 0 Å². The number of benzene rings is 1. The summed E-state index contributed by atoms with van der Waals surface area (Å²) in [6.45, 7) is 6.66. The number of rotatable bonds is 5. The minimum atomic E-state index is 0.248. The predicted octanol–water partition coefficient (Wildman–Crippen LogP) is 3.60. The van der Waals surface area contributed by atoms with Crippen molar-refractivity contribution in [3.63, 3.8) is 0 Å². The van der Waals surface area contributed by atoms with Crippen LogP contribution in [0.4, 0.5) is 0 Å². The smallest absolute Gasteiger partial charge is 0.222 e. The first-order valence-electron chi connectivity index (χ1n) is 8.21. The Kier molecular flexibility index (Phi) is 6.27. The van der Waals surface area contributed by atoms with E-state index in [0.29, 0.717) is 18.5 Å². The molecular weight excluding hydrogens is 296 g/mol. The number of aryl methyl sites for hydroxylation is 1. The first-order chi connectivity index (χ1) is 10.5. The normalized spacial score (nSPS) is 17.0. The molecule has 0 radical (unpaired) electrons. The number of hydrogen-bond acceptors (Lipinski definition) is 2. The highest BCUT2D eigenvalue weighted by atomic mass is 35.5. The second-order valence-corrected chi connectivity index (χ2v) is 6.93. The fourth-order valence-electron chi connectivity index (χ4n) is 3.07. The third kappa shape index (κ3) is 4.72. The molecule has 22 heavy (non-hydrogen) atoms. The minimum absolute atomic E-state index is 0.248. The molecule has 1 saturated heterocycles. The second-order valence-electron chi connectivity index (χ2n) is 6.49. The SMILES string of the molecule is CC(C)N1CCC(N(C)C(=O)CCc2ccc(Cl)cc2)CC1. The van der Waals surface area contributed by atoms with Crippen molar-refractivity contribution in [1.29, 1.82) is 0 Å². The Morgan fingerprint density at radius 2 is 1.86 bits per heavy atom. The summed E-state index contributed by atoms with van der Waals surface area (Å²) in [5.74, 6) is 0.248. The molecule has 3 nitrogen and oxygen atoms in total. The molecule has 0 N–H and O–H groups in total. The van der Waals surface area contributed by atoms with Gasteiger partial charge >= 0.3 is 0 Å². The van der Waals surface area contributed by atoms with Gasteiger partial charge in [0.2, 0.25) is 5.91 Å². The highest BCUT2D eigenvalue weighted by molar-refractivity contribution is 6.30. The van der Waals surface area contributed by atoms with Crippen LogP contribution in [0.15, 0.2) is 24.3 Å². The number of halogens is 1. The van der Waals surface area contributed by atoms with E-state index >= 15 is 0 Å². The summed E-state index contributed by atoms with van der Waals surface area (Å²) in [7, 11) is 1.96. The highest BCUT2D eigenvalue weighted by Crippen LogP contribution is 2.18. The van der Waals surface area contributed by atoms with Crippen LogP contribution in [0.1, 0.15) is 38.7 Å². The first kappa shape index (κ1) is 17.3. The zero-order chi connectivity index (χ0) is 16.1. The van der Waals surface area contributed by atoms with Crippen LogP contribution < -0.4 is 0 Å². The van der Waals surface area contributed by atoms with Crippen LogP contribution in [0.25, 0.3) is 0 Å². The number of hydrogen-bond donors (Lipinski definition) is 0. The quantitative estimate of drug-likeness (QED) is 0.827. The van der Waals surface area contributed by atoms with E-state index in [1.165, 1.54) is 5.56 Å². The molecule has 1 amide bonds. The molecule has 0 spiro atoms. The molecule has 1 aliphatic heterocycles. The van der Waals surface area contributed by atoms with Gasteiger partial charge in [-0.2, -0.15) is 0 Å². The summed E-state index contributed by atoms with van der Waals surface area (Å²) in [5, 5.41) is 0.740. The lowest BCUT2D eigenvalue weighted by atomic mass is 10.0. The lowest BCUT2D eigenvalue weighted by molar-refractivity contribution is -0.132. The van der Waals surface area contributed by atoms with Crippen molar-refractivity contribution in [1.82, 2.24) is 9.80 Å². The number of carbonyl (C=O) groups excluding carboxylic acids is 1. The third-order valence-corrected chi connectivity index (χ3v) is 4.96. The topological polar surface area (TPSA) is 23.6 Å². The van der Waals surface area contributed by atoms with Crippen molar-refractivity contribution in [2.75, 3.05) is 20.1 Å². The lowest BCUT2D eigenvalue weighted by Gasteiger charge is -2.38. The summed E-state index contributed by atoms with van der Waals surface area (Å²) < 4.78 is 0. The predicted molar refractivity (Wildman–Crippen MR) is 92.3 cm³/mol. The molecular formula is C18H27ClN2O. The third-order valence-electron chi connectivity index (χ3n) is 4.71. The molecule has 2 rings (SSSR count). The Hall–Kier alpha value is -1.06. The Balaban J connectivity index is 1.78. The maximum atomic E-state index is 12.4. The van der Waals surface area contributed by atoms with Gasteiger partial charge < -0.3 is 9.80 Å². The number of carbonyl (C=O) groups is 1. The maximum Gasteiger partial charge on any atom is 0.222 e. The summed E-state index contributed by atoms with van der Waals surface area (Å²) in [4.78, 5) is 16.8.